The van der Waals surface area contributed by atoms with Crippen LogP contribution in [0.2, 0.25) is 0 Å². The molecule has 7 nitrogen and oxygen atoms in total. The van der Waals surface area contributed by atoms with E-state index < -0.39 is 0 Å². The molecule has 0 saturated carbocycles. The van der Waals surface area contributed by atoms with Gasteiger partial charge < -0.3 is 25.9 Å². The average Bonchev–Trinajstić information content (AvgIpc) is 3.68. The molecule has 2 aromatic heterocycles. The largest absolute Gasteiger partial charge is 0.341 e. The summed E-state index contributed by atoms with van der Waals surface area (Å²) in [5, 5.41) is 12.7. The third-order valence-corrected chi connectivity index (χ3v) is 7.23. The average molecular weight is 466 g/mol. The van der Waals surface area contributed by atoms with Crippen molar-refractivity contribution in [3.05, 3.63) is 71.7 Å². The van der Waals surface area contributed by atoms with Crippen LogP contribution in [0.1, 0.15) is 54.8 Å². The van der Waals surface area contributed by atoms with Crippen LogP contribution in [0.5, 0.6) is 0 Å². The van der Waals surface area contributed by atoms with Gasteiger partial charge in [-0.1, -0.05) is 31.0 Å². The Morgan fingerprint density at radius 1 is 0.857 bits per heavy atom. The number of hydrogen-bond donors (Lipinski definition) is 5. The number of rotatable bonds is 4. The Hall–Kier alpha value is -3.44. The molecule has 2 aromatic carbocycles. The van der Waals surface area contributed by atoms with Gasteiger partial charge in [-0.2, -0.15) is 0 Å². The number of likely N-dealkylation sites (N-methyl/N-ethyl adjacent to an activating group) is 1. The van der Waals surface area contributed by atoms with E-state index in [9.17, 15) is 0 Å². The fourth-order valence-corrected chi connectivity index (χ4v) is 5.15. The highest BCUT2D eigenvalue weighted by Crippen LogP contribution is 2.28. The van der Waals surface area contributed by atoms with Crippen molar-refractivity contribution in [3.8, 4) is 23.1 Å². The number of H-pyrrole nitrogens is 2. The van der Waals surface area contributed by atoms with Crippen molar-refractivity contribution in [1.82, 2.24) is 35.9 Å². The summed E-state index contributed by atoms with van der Waals surface area (Å²) in [5.74, 6) is 9.20. The molecule has 6 rings (SSSR count). The summed E-state index contributed by atoms with van der Waals surface area (Å²) in [6, 6.07) is 13.9. The highest BCUT2D eigenvalue weighted by Gasteiger charge is 2.26. The Morgan fingerprint density at radius 2 is 1.63 bits per heavy atom. The molecule has 0 aliphatic carbocycles. The van der Waals surface area contributed by atoms with E-state index >= 15 is 0 Å². The molecule has 2 fully saturated rings. The van der Waals surface area contributed by atoms with Crippen molar-refractivity contribution in [3.63, 3.8) is 0 Å². The molecule has 2 saturated heterocycles. The Bertz CT molecular complexity index is 1410. The van der Waals surface area contributed by atoms with Crippen LogP contribution in [0.4, 0.5) is 0 Å². The first-order valence-corrected chi connectivity index (χ1v) is 12.4. The van der Waals surface area contributed by atoms with Crippen molar-refractivity contribution < 1.29 is 0 Å². The maximum atomic E-state index is 4.64. The first-order chi connectivity index (χ1) is 17.1. The van der Waals surface area contributed by atoms with Crippen molar-refractivity contribution in [2.45, 2.75) is 37.9 Å². The van der Waals surface area contributed by atoms with Crippen LogP contribution in [-0.2, 0) is 0 Å². The topological polar surface area (TPSA) is 93.4 Å². The maximum absolute atomic E-state index is 4.64. The van der Waals surface area contributed by atoms with E-state index in [1.165, 1.54) is 10.8 Å². The van der Waals surface area contributed by atoms with E-state index in [2.05, 4.69) is 91.0 Å². The zero-order valence-electron chi connectivity index (χ0n) is 20.2. The summed E-state index contributed by atoms with van der Waals surface area (Å²) in [7, 11) is 2.00. The van der Waals surface area contributed by atoms with Crippen LogP contribution in [-0.4, -0.2) is 46.1 Å². The predicted octanol–water partition coefficient (Wildman–Crippen LogP) is 3.65. The van der Waals surface area contributed by atoms with E-state index in [0.29, 0.717) is 18.0 Å². The molecule has 5 N–H and O–H groups in total. The van der Waals surface area contributed by atoms with E-state index in [1.54, 1.807) is 0 Å². The number of aromatic amines is 2. The van der Waals surface area contributed by atoms with Crippen molar-refractivity contribution >= 4 is 10.8 Å². The number of benzene rings is 2. The molecule has 2 aliphatic heterocycles. The number of nitrogens with zero attached hydrogens (tertiary/aromatic N) is 2. The van der Waals surface area contributed by atoms with Crippen molar-refractivity contribution in [2.24, 2.45) is 5.92 Å². The number of hydrogen-bond acceptors (Lipinski definition) is 5. The first kappa shape index (κ1) is 22.1. The van der Waals surface area contributed by atoms with Crippen LogP contribution in [0.3, 0.4) is 0 Å². The molecule has 0 unspecified atom stereocenters. The third kappa shape index (κ3) is 4.61. The molecule has 0 bridgehead atoms. The molecule has 4 aromatic rings. The SMILES string of the molecule is CN[C@H]1CN[C@H](c2ncc(C#Cc3ccc4cc(-c5cnc([C@@H]6C[C@H](C)CN6)[nH]5)ccc4c3)[nH]2)C1. The molecule has 178 valence electrons. The van der Waals surface area contributed by atoms with Gasteiger partial charge in [0.15, 0.2) is 0 Å². The lowest BCUT2D eigenvalue weighted by Crippen LogP contribution is -2.26. The quantitative estimate of drug-likeness (QED) is 0.297. The zero-order valence-corrected chi connectivity index (χ0v) is 20.2. The first-order valence-electron chi connectivity index (χ1n) is 12.4. The minimum atomic E-state index is 0.252. The second kappa shape index (κ2) is 9.31. The Morgan fingerprint density at radius 3 is 2.46 bits per heavy atom. The van der Waals surface area contributed by atoms with Crippen LogP contribution in [0.25, 0.3) is 22.0 Å². The number of fused-ring (bicyclic) bond motifs is 1. The number of imidazole rings is 2. The van der Waals surface area contributed by atoms with Gasteiger partial charge in [0.25, 0.3) is 0 Å². The molecule has 0 radical (unpaired) electrons. The van der Waals surface area contributed by atoms with Gasteiger partial charge in [0.2, 0.25) is 0 Å². The molecule has 0 spiro atoms. The summed E-state index contributed by atoms with van der Waals surface area (Å²) in [6.45, 7) is 4.29. The molecule has 4 atom stereocenters. The van der Waals surface area contributed by atoms with Gasteiger partial charge in [0.1, 0.15) is 17.3 Å². The summed E-state index contributed by atoms with van der Waals surface area (Å²) in [5.41, 5.74) is 4.03. The maximum Gasteiger partial charge on any atom is 0.124 e. The minimum absolute atomic E-state index is 0.252. The second-order valence-electron chi connectivity index (χ2n) is 9.87. The van der Waals surface area contributed by atoms with Crippen molar-refractivity contribution in [1.29, 1.82) is 0 Å². The lowest BCUT2D eigenvalue weighted by Gasteiger charge is -2.06. The van der Waals surface area contributed by atoms with Crippen molar-refractivity contribution in [2.75, 3.05) is 20.1 Å². The molecule has 2 aliphatic rings. The third-order valence-electron chi connectivity index (χ3n) is 7.23. The minimum Gasteiger partial charge on any atom is -0.341 e. The molecule has 35 heavy (non-hydrogen) atoms. The molecule has 4 heterocycles. The normalized spacial score (nSPS) is 24.1. The summed E-state index contributed by atoms with van der Waals surface area (Å²) < 4.78 is 0. The van der Waals surface area contributed by atoms with Crippen LogP contribution >= 0.6 is 0 Å². The Kier molecular flexibility index (Phi) is 5.86. The van der Waals surface area contributed by atoms with Crippen LogP contribution in [0.15, 0.2) is 48.8 Å². The van der Waals surface area contributed by atoms with Gasteiger partial charge in [-0.25, -0.2) is 9.97 Å². The van der Waals surface area contributed by atoms with Gasteiger partial charge in [-0.15, -0.1) is 0 Å². The highest BCUT2D eigenvalue weighted by molar-refractivity contribution is 5.88. The summed E-state index contributed by atoms with van der Waals surface area (Å²) in [4.78, 5) is 16.1. The molecule has 7 heteroatoms. The fraction of sp³-hybridized carbons (Fsp3) is 0.357. The Labute approximate surface area is 205 Å². The smallest absolute Gasteiger partial charge is 0.124 e. The molecular formula is C28H31N7. The van der Waals surface area contributed by atoms with Gasteiger partial charge in [0.05, 0.1) is 30.2 Å². The van der Waals surface area contributed by atoms with E-state index in [-0.39, 0.29) is 6.04 Å². The lowest BCUT2D eigenvalue weighted by atomic mass is 10.0. The molecular weight excluding hydrogens is 434 g/mol. The van der Waals surface area contributed by atoms with Crippen LogP contribution < -0.4 is 16.0 Å². The summed E-state index contributed by atoms with van der Waals surface area (Å²) in [6.07, 6.45) is 5.92. The Balaban J connectivity index is 1.17. The second-order valence-corrected chi connectivity index (χ2v) is 9.87. The van der Waals surface area contributed by atoms with Gasteiger partial charge >= 0.3 is 0 Å². The van der Waals surface area contributed by atoms with Gasteiger partial charge in [0, 0.05) is 23.7 Å². The van der Waals surface area contributed by atoms with Crippen LogP contribution in [0, 0.1) is 17.8 Å². The van der Waals surface area contributed by atoms with E-state index in [4.69, 9.17) is 0 Å². The van der Waals surface area contributed by atoms with Gasteiger partial charge in [-0.05, 0) is 67.2 Å². The van der Waals surface area contributed by atoms with E-state index in [1.807, 2.05) is 19.4 Å². The number of nitrogens with one attached hydrogen (secondary N) is 5. The summed E-state index contributed by atoms with van der Waals surface area (Å²) >= 11 is 0. The monoisotopic (exact) mass is 465 g/mol. The predicted molar refractivity (Wildman–Crippen MR) is 139 cm³/mol. The number of aromatic nitrogens is 4. The standard InChI is InChI=1S/C28H31N7/c1-17-9-24(30-13-17)28-33-16-26(35-28)21-7-6-19-10-18(3-5-20(19)11-21)4-8-22-14-32-27(34-22)25-12-23(29-2)15-31-25/h3,5-7,10-11,14,16-17,23-25,29-31H,9,12-13,15H2,1-2H3,(H,32,34)(H,33,35)/t17-,23+,24-,25-/m0/s1. The highest BCUT2D eigenvalue weighted by atomic mass is 15.1. The van der Waals surface area contributed by atoms with Gasteiger partial charge in [-0.3, -0.25) is 0 Å². The zero-order chi connectivity index (χ0) is 23.8. The van der Waals surface area contributed by atoms with E-state index in [0.717, 1.165) is 60.1 Å². The lowest BCUT2D eigenvalue weighted by molar-refractivity contribution is 0.575. The fourth-order valence-electron chi connectivity index (χ4n) is 5.15. The molecule has 0 amide bonds.